The molecule has 5 nitrogen and oxygen atoms in total. The van der Waals surface area contributed by atoms with Gasteiger partial charge in [0.1, 0.15) is 17.0 Å². The zero-order valence-corrected chi connectivity index (χ0v) is 18.6. The van der Waals surface area contributed by atoms with Gasteiger partial charge in [0.25, 0.3) is 0 Å². The van der Waals surface area contributed by atoms with Gasteiger partial charge in [-0.15, -0.1) is 0 Å². The summed E-state index contributed by atoms with van der Waals surface area (Å²) < 4.78 is 11.6. The molecule has 5 aromatic rings. The van der Waals surface area contributed by atoms with Gasteiger partial charge in [-0.2, -0.15) is 0 Å². The molecule has 0 unspecified atom stereocenters. The Balaban J connectivity index is 1.30. The van der Waals surface area contributed by atoms with Crippen LogP contribution in [0, 0.1) is 0 Å². The standard InChI is InChI=1S/C26H16Cl2N2O3/c27-17-6-10-21(28)20(14-17)26-30-22-15-18(7-11-24(22)33-26)29-25(31)13-9-19-8-12-23(32-19)16-4-2-1-3-5-16/h1-15H,(H,29,31)/b13-9+. The van der Waals surface area contributed by atoms with Gasteiger partial charge in [0.05, 0.1) is 10.6 Å². The Labute approximate surface area is 199 Å². The third-order valence-corrected chi connectivity index (χ3v) is 5.46. The van der Waals surface area contributed by atoms with Crippen LogP contribution in [0.25, 0.3) is 40.0 Å². The summed E-state index contributed by atoms with van der Waals surface area (Å²) in [5, 5.41) is 3.83. The molecule has 0 radical (unpaired) electrons. The maximum Gasteiger partial charge on any atom is 0.248 e. The molecule has 0 saturated heterocycles. The number of carbonyl (C=O) groups is 1. The van der Waals surface area contributed by atoms with Gasteiger partial charge in [-0.1, -0.05) is 53.5 Å². The quantitative estimate of drug-likeness (QED) is 0.264. The number of fused-ring (bicyclic) bond motifs is 1. The number of anilines is 1. The van der Waals surface area contributed by atoms with Crippen LogP contribution in [0.2, 0.25) is 10.0 Å². The lowest BCUT2D eigenvalue weighted by molar-refractivity contribution is -0.111. The molecule has 33 heavy (non-hydrogen) atoms. The molecular weight excluding hydrogens is 459 g/mol. The summed E-state index contributed by atoms with van der Waals surface area (Å²) in [7, 11) is 0. The molecule has 0 aliphatic carbocycles. The smallest absolute Gasteiger partial charge is 0.248 e. The van der Waals surface area contributed by atoms with E-state index in [-0.39, 0.29) is 5.91 Å². The van der Waals surface area contributed by atoms with E-state index in [1.54, 1.807) is 42.5 Å². The number of oxazole rings is 1. The van der Waals surface area contributed by atoms with Gasteiger partial charge in [0.2, 0.25) is 11.8 Å². The Bertz CT molecular complexity index is 1490. The average molecular weight is 475 g/mol. The summed E-state index contributed by atoms with van der Waals surface area (Å²) in [6, 6.07) is 23.7. The van der Waals surface area contributed by atoms with E-state index in [0.717, 1.165) is 11.3 Å². The van der Waals surface area contributed by atoms with Gasteiger partial charge in [-0.25, -0.2) is 4.98 Å². The normalized spacial score (nSPS) is 11.3. The minimum Gasteiger partial charge on any atom is -0.457 e. The van der Waals surface area contributed by atoms with Crippen LogP contribution in [0.15, 0.2) is 93.8 Å². The van der Waals surface area contributed by atoms with Gasteiger partial charge in [-0.05, 0) is 54.6 Å². The predicted octanol–water partition coefficient (Wildman–Crippen LogP) is 7.71. The van der Waals surface area contributed by atoms with Crippen molar-refractivity contribution in [1.82, 2.24) is 4.98 Å². The number of furan rings is 1. The topological polar surface area (TPSA) is 68.3 Å². The predicted molar refractivity (Wildman–Crippen MR) is 131 cm³/mol. The van der Waals surface area contributed by atoms with Crippen LogP contribution in [-0.2, 0) is 4.79 Å². The Kier molecular flexibility index (Phi) is 5.73. The van der Waals surface area contributed by atoms with E-state index >= 15 is 0 Å². The number of hydrogen-bond acceptors (Lipinski definition) is 4. The molecule has 2 aromatic heterocycles. The fraction of sp³-hybridized carbons (Fsp3) is 0. The number of halogens is 2. The van der Waals surface area contributed by atoms with Crippen LogP contribution >= 0.6 is 23.2 Å². The molecule has 0 spiro atoms. The summed E-state index contributed by atoms with van der Waals surface area (Å²) in [5.74, 6) is 1.38. The molecule has 0 aliphatic heterocycles. The number of amides is 1. The first-order valence-electron chi connectivity index (χ1n) is 10.1. The first kappa shape index (κ1) is 21.1. The van der Waals surface area contributed by atoms with Crippen LogP contribution in [0.4, 0.5) is 5.69 Å². The number of aromatic nitrogens is 1. The molecule has 3 aromatic carbocycles. The number of nitrogens with one attached hydrogen (secondary N) is 1. The van der Waals surface area contributed by atoms with Crippen LogP contribution in [0.5, 0.6) is 0 Å². The highest BCUT2D eigenvalue weighted by Gasteiger charge is 2.13. The van der Waals surface area contributed by atoms with Crippen molar-refractivity contribution in [2.45, 2.75) is 0 Å². The monoisotopic (exact) mass is 474 g/mol. The zero-order valence-electron chi connectivity index (χ0n) is 17.1. The lowest BCUT2D eigenvalue weighted by atomic mass is 10.2. The van der Waals surface area contributed by atoms with E-state index in [0.29, 0.717) is 44.0 Å². The summed E-state index contributed by atoms with van der Waals surface area (Å²) >= 11 is 12.3. The first-order chi connectivity index (χ1) is 16.0. The summed E-state index contributed by atoms with van der Waals surface area (Å²) in [5.41, 5.74) is 3.31. The van der Waals surface area contributed by atoms with Crippen molar-refractivity contribution >= 4 is 52.0 Å². The van der Waals surface area contributed by atoms with Gasteiger partial charge < -0.3 is 14.2 Å². The van der Waals surface area contributed by atoms with E-state index in [4.69, 9.17) is 32.0 Å². The summed E-state index contributed by atoms with van der Waals surface area (Å²) in [6.45, 7) is 0. The van der Waals surface area contributed by atoms with Crippen molar-refractivity contribution in [1.29, 1.82) is 0 Å². The number of carbonyl (C=O) groups excluding carboxylic acids is 1. The van der Waals surface area contributed by atoms with Gasteiger partial charge in [0.15, 0.2) is 5.58 Å². The lowest BCUT2D eigenvalue weighted by Gasteiger charge is -2.00. The van der Waals surface area contributed by atoms with Crippen molar-refractivity contribution in [3.63, 3.8) is 0 Å². The van der Waals surface area contributed by atoms with Crippen LogP contribution in [0.3, 0.4) is 0 Å². The molecule has 162 valence electrons. The Morgan fingerprint density at radius 2 is 1.76 bits per heavy atom. The molecule has 7 heteroatoms. The number of nitrogens with zero attached hydrogens (tertiary/aromatic N) is 1. The Morgan fingerprint density at radius 1 is 0.909 bits per heavy atom. The maximum absolute atomic E-state index is 12.4. The van der Waals surface area contributed by atoms with E-state index in [2.05, 4.69) is 10.3 Å². The van der Waals surface area contributed by atoms with Crippen molar-refractivity contribution in [2.24, 2.45) is 0 Å². The van der Waals surface area contributed by atoms with E-state index < -0.39 is 0 Å². The molecule has 0 saturated carbocycles. The van der Waals surface area contributed by atoms with Crippen molar-refractivity contribution in [2.75, 3.05) is 5.32 Å². The minimum absolute atomic E-state index is 0.298. The van der Waals surface area contributed by atoms with Crippen molar-refractivity contribution < 1.29 is 13.6 Å². The summed E-state index contributed by atoms with van der Waals surface area (Å²) in [6.07, 6.45) is 3.04. The second-order valence-electron chi connectivity index (χ2n) is 7.22. The highest BCUT2D eigenvalue weighted by Crippen LogP contribution is 2.33. The van der Waals surface area contributed by atoms with Crippen molar-refractivity contribution in [3.8, 4) is 22.8 Å². The summed E-state index contributed by atoms with van der Waals surface area (Å²) in [4.78, 5) is 16.9. The Hall–Kier alpha value is -3.80. The fourth-order valence-corrected chi connectivity index (χ4v) is 3.69. The SMILES string of the molecule is O=C(/C=C/c1ccc(-c2ccccc2)o1)Nc1ccc2oc(-c3cc(Cl)ccc3Cl)nc2c1. The highest BCUT2D eigenvalue weighted by atomic mass is 35.5. The van der Waals surface area contributed by atoms with Gasteiger partial charge >= 0.3 is 0 Å². The zero-order chi connectivity index (χ0) is 22.8. The third-order valence-electron chi connectivity index (χ3n) is 4.90. The van der Waals surface area contributed by atoms with E-state index in [1.807, 2.05) is 42.5 Å². The van der Waals surface area contributed by atoms with Crippen LogP contribution in [-0.4, -0.2) is 10.9 Å². The molecule has 0 atom stereocenters. The molecule has 5 rings (SSSR count). The second kappa shape index (κ2) is 8.98. The van der Waals surface area contributed by atoms with Crippen LogP contribution in [0.1, 0.15) is 5.76 Å². The largest absolute Gasteiger partial charge is 0.457 e. The molecule has 0 bridgehead atoms. The second-order valence-corrected chi connectivity index (χ2v) is 8.06. The minimum atomic E-state index is -0.298. The molecule has 0 fully saturated rings. The van der Waals surface area contributed by atoms with Gasteiger partial charge in [-0.3, -0.25) is 4.79 Å². The van der Waals surface area contributed by atoms with Crippen molar-refractivity contribution in [3.05, 3.63) is 101 Å². The van der Waals surface area contributed by atoms with Gasteiger partial charge in [0, 0.05) is 22.3 Å². The number of hydrogen-bond donors (Lipinski definition) is 1. The molecular formula is C26H16Cl2N2O3. The Morgan fingerprint density at radius 3 is 2.61 bits per heavy atom. The maximum atomic E-state index is 12.4. The fourth-order valence-electron chi connectivity index (χ4n) is 3.32. The average Bonchev–Trinajstić information content (AvgIpc) is 3.47. The first-order valence-corrected chi connectivity index (χ1v) is 10.8. The number of rotatable bonds is 5. The van der Waals surface area contributed by atoms with Crippen LogP contribution < -0.4 is 5.32 Å². The number of benzene rings is 3. The van der Waals surface area contributed by atoms with E-state index in [9.17, 15) is 4.79 Å². The highest BCUT2D eigenvalue weighted by molar-refractivity contribution is 6.35. The molecule has 1 N–H and O–H groups in total. The molecule has 1 amide bonds. The third kappa shape index (κ3) is 4.70. The lowest BCUT2D eigenvalue weighted by Crippen LogP contribution is -2.07. The molecule has 0 aliphatic rings. The van der Waals surface area contributed by atoms with E-state index in [1.165, 1.54) is 6.08 Å². The molecule has 2 heterocycles.